The van der Waals surface area contributed by atoms with Gasteiger partial charge in [0.1, 0.15) is 11.1 Å². The molecule has 2 aromatic heterocycles. The van der Waals surface area contributed by atoms with Crippen LogP contribution in [0.1, 0.15) is 18.9 Å². The van der Waals surface area contributed by atoms with Gasteiger partial charge in [-0.15, -0.1) is 0 Å². The molecule has 0 saturated heterocycles. The van der Waals surface area contributed by atoms with E-state index in [0.29, 0.717) is 17.5 Å². The third kappa shape index (κ3) is 2.94. The first-order chi connectivity index (χ1) is 10.3. The van der Waals surface area contributed by atoms with Gasteiger partial charge in [-0.05, 0) is 25.5 Å². The third-order valence-electron chi connectivity index (χ3n) is 3.04. The molecule has 3 aromatic rings. The highest BCUT2D eigenvalue weighted by atomic mass is 16.5. The summed E-state index contributed by atoms with van der Waals surface area (Å²) >= 11 is 0. The van der Waals surface area contributed by atoms with Crippen LogP contribution < -0.4 is 10.1 Å². The lowest BCUT2D eigenvalue weighted by Crippen LogP contribution is -2.05. The van der Waals surface area contributed by atoms with Crippen molar-refractivity contribution in [3.8, 4) is 11.6 Å². The van der Waals surface area contributed by atoms with E-state index in [1.807, 2.05) is 31.2 Å². The van der Waals surface area contributed by atoms with Gasteiger partial charge in [0.05, 0.1) is 6.20 Å². The number of aromatic amines is 1. The highest BCUT2D eigenvalue weighted by Crippen LogP contribution is 2.27. The van der Waals surface area contributed by atoms with Crippen LogP contribution in [0.15, 0.2) is 30.5 Å². The van der Waals surface area contributed by atoms with Crippen molar-refractivity contribution in [3.05, 3.63) is 36.0 Å². The van der Waals surface area contributed by atoms with E-state index in [1.54, 1.807) is 6.20 Å². The van der Waals surface area contributed by atoms with Crippen molar-refractivity contribution < 1.29 is 4.74 Å². The molecular weight excluding hydrogens is 266 g/mol. The molecule has 2 N–H and O–H groups in total. The van der Waals surface area contributed by atoms with Gasteiger partial charge >= 0.3 is 0 Å². The number of hydrogen-bond donors (Lipinski definition) is 2. The van der Waals surface area contributed by atoms with Crippen molar-refractivity contribution >= 4 is 17.0 Å². The fourth-order valence-corrected chi connectivity index (χ4v) is 1.92. The standard InChI is InChI=1S/C15H17N5O/c1-3-8-16-15-18-13-12(9-17-20-13)14(19-15)21-11-6-4-10(2)5-7-11/h4-7,9H,3,8H2,1-2H3,(H2,16,17,18,19,20). The van der Waals surface area contributed by atoms with E-state index in [1.165, 1.54) is 5.56 Å². The van der Waals surface area contributed by atoms with E-state index in [-0.39, 0.29) is 0 Å². The zero-order valence-electron chi connectivity index (χ0n) is 12.1. The van der Waals surface area contributed by atoms with E-state index in [4.69, 9.17) is 4.74 Å². The van der Waals surface area contributed by atoms with Crippen molar-refractivity contribution in [3.63, 3.8) is 0 Å². The van der Waals surface area contributed by atoms with Gasteiger partial charge in [-0.2, -0.15) is 15.1 Å². The predicted octanol–water partition coefficient (Wildman–Crippen LogP) is 3.28. The molecule has 0 aliphatic carbocycles. The van der Waals surface area contributed by atoms with Gasteiger partial charge in [0, 0.05) is 6.54 Å². The molecule has 0 atom stereocenters. The normalized spacial score (nSPS) is 10.8. The van der Waals surface area contributed by atoms with Crippen molar-refractivity contribution in [1.29, 1.82) is 0 Å². The zero-order chi connectivity index (χ0) is 14.7. The Labute approximate surface area is 122 Å². The molecule has 21 heavy (non-hydrogen) atoms. The second-order valence-corrected chi connectivity index (χ2v) is 4.83. The average molecular weight is 283 g/mol. The summed E-state index contributed by atoms with van der Waals surface area (Å²) in [6, 6.07) is 7.84. The molecule has 0 aliphatic rings. The lowest BCUT2D eigenvalue weighted by Gasteiger charge is -2.08. The van der Waals surface area contributed by atoms with Crippen LogP contribution in [-0.4, -0.2) is 26.7 Å². The Morgan fingerprint density at radius 2 is 2.00 bits per heavy atom. The number of hydrogen-bond acceptors (Lipinski definition) is 5. The molecule has 0 amide bonds. The maximum atomic E-state index is 5.87. The Hall–Kier alpha value is -2.63. The van der Waals surface area contributed by atoms with Crippen molar-refractivity contribution in [2.24, 2.45) is 0 Å². The van der Waals surface area contributed by atoms with Gasteiger partial charge in [-0.3, -0.25) is 5.10 Å². The average Bonchev–Trinajstić information content (AvgIpc) is 2.96. The number of ether oxygens (including phenoxy) is 1. The number of aryl methyl sites for hydroxylation is 1. The molecule has 0 radical (unpaired) electrons. The monoisotopic (exact) mass is 283 g/mol. The summed E-state index contributed by atoms with van der Waals surface area (Å²) in [5.41, 5.74) is 1.84. The molecule has 0 aliphatic heterocycles. The predicted molar refractivity (Wildman–Crippen MR) is 81.7 cm³/mol. The maximum Gasteiger partial charge on any atom is 0.235 e. The number of nitrogens with one attached hydrogen (secondary N) is 2. The minimum atomic E-state index is 0.496. The lowest BCUT2D eigenvalue weighted by atomic mass is 10.2. The maximum absolute atomic E-state index is 5.87. The number of fused-ring (bicyclic) bond motifs is 1. The van der Waals surface area contributed by atoms with Crippen LogP contribution in [0.5, 0.6) is 11.6 Å². The Kier molecular flexibility index (Phi) is 3.68. The van der Waals surface area contributed by atoms with Gasteiger partial charge < -0.3 is 10.1 Å². The van der Waals surface area contributed by atoms with E-state index >= 15 is 0 Å². The molecule has 3 rings (SSSR count). The van der Waals surface area contributed by atoms with Crippen LogP contribution in [0.4, 0.5) is 5.95 Å². The minimum Gasteiger partial charge on any atom is -0.438 e. The van der Waals surface area contributed by atoms with Gasteiger partial charge in [-0.1, -0.05) is 24.6 Å². The van der Waals surface area contributed by atoms with Crippen LogP contribution in [-0.2, 0) is 0 Å². The van der Waals surface area contributed by atoms with Crippen molar-refractivity contribution in [2.45, 2.75) is 20.3 Å². The molecule has 6 nitrogen and oxygen atoms in total. The Bertz CT molecular complexity index is 735. The first-order valence-electron chi connectivity index (χ1n) is 6.96. The van der Waals surface area contributed by atoms with Gasteiger partial charge in [0.15, 0.2) is 5.65 Å². The smallest absolute Gasteiger partial charge is 0.235 e. The van der Waals surface area contributed by atoms with E-state index in [2.05, 4.69) is 32.4 Å². The number of benzene rings is 1. The number of nitrogens with zero attached hydrogens (tertiary/aromatic N) is 3. The Morgan fingerprint density at radius 3 is 2.76 bits per heavy atom. The molecule has 0 unspecified atom stereocenters. The van der Waals surface area contributed by atoms with Gasteiger partial charge in [0.2, 0.25) is 11.8 Å². The fourth-order valence-electron chi connectivity index (χ4n) is 1.92. The molecular formula is C15H17N5O. The molecule has 0 fully saturated rings. The third-order valence-corrected chi connectivity index (χ3v) is 3.04. The SMILES string of the molecule is CCCNc1nc(Oc2ccc(C)cc2)c2cn[nH]c2n1. The molecule has 6 heteroatoms. The molecule has 0 bridgehead atoms. The molecule has 108 valence electrons. The first kappa shape index (κ1) is 13.4. The summed E-state index contributed by atoms with van der Waals surface area (Å²) in [6.07, 6.45) is 2.67. The molecule has 0 saturated carbocycles. The van der Waals surface area contributed by atoms with Crippen LogP contribution in [0.2, 0.25) is 0 Å². The van der Waals surface area contributed by atoms with Crippen LogP contribution in [0, 0.1) is 6.92 Å². The van der Waals surface area contributed by atoms with Crippen molar-refractivity contribution in [1.82, 2.24) is 20.2 Å². The quantitative estimate of drug-likeness (QED) is 0.751. The highest BCUT2D eigenvalue weighted by Gasteiger charge is 2.11. The largest absolute Gasteiger partial charge is 0.438 e. The molecule has 0 spiro atoms. The second-order valence-electron chi connectivity index (χ2n) is 4.83. The Morgan fingerprint density at radius 1 is 1.19 bits per heavy atom. The van der Waals surface area contributed by atoms with E-state index in [0.717, 1.165) is 24.1 Å². The Balaban J connectivity index is 1.95. The van der Waals surface area contributed by atoms with Crippen molar-refractivity contribution in [2.75, 3.05) is 11.9 Å². The van der Waals surface area contributed by atoms with Crippen LogP contribution in [0.3, 0.4) is 0 Å². The summed E-state index contributed by atoms with van der Waals surface area (Å²) < 4.78 is 5.87. The summed E-state index contributed by atoms with van der Waals surface area (Å²) in [6.45, 7) is 4.94. The lowest BCUT2D eigenvalue weighted by molar-refractivity contribution is 0.469. The summed E-state index contributed by atoms with van der Waals surface area (Å²) in [5, 5.41) is 10.8. The zero-order valence-corrected chi connectivity index (χ0v) is 12.1. The minimum absolute atomic E-state index is 0.496. The molecule has 2 heterocycles. The topological polar surface area (TPSA) is 75.7 Å². The summed E-state index contributed by atoms with van der Waals surface area (Å²) in [4.78, 5) is 8.79. The van der Waals surface area contributed by atoms with Crippen LogP contribution >= 0.6 is 0 Å². The van der Waals surface area contributed by atoms with Crippen LogP contribution in [0.25, 0.3) is 11.0 Å². The number of H-pyrrole nitrogens is 1. The highest BCUT2D eigenvalue weighted by molar-refractivity contribution is 5.80. The van der Waals surface area contributed by atoms with Gasteiger partial charge in [0.25, 0.3) is 0 Å². The van der Waals surface area contributed by atoms with E-state index in [9.17, 15) is 0 Å². The number of aromatic nitrogens is 4. The second kappa shape index (κ2) is 5.78. The summed E-state index contributed by atoms with van der Waals surface area (Å²) in [7, 11) is 0. The van der Waals surface area contributed by atoms with E-state index < -0.39 is 0 Å². The number of rotatable bonds is 5. The summed E-state index contributed by atoms with van der Waals surface area (Å²) in [5.74, 6) is 1.77. The fraction of sp³-hybridized carbons (Fsp3) is 0.267. The van der Waals surface area contributed by atoms with Gasteiger partial charge in [-0.25, -0.2) is 0 Å². The number of anilines is 1. The molecule has 1 aromatic carbocycles. The first-order valence-corrected chi connectivity index (χ1v) is 6.96.